The Kier molecular flexibility index (Phi) is 5.91. The van der Waals surface area contributed by atoms with E-state index in [1.165, 1.54) is 36.1 Å². The summed E-state index contributed by atoms with van der Waals surface area (Å²) in [4.78, 5) is 35.6. The zero-order valence-electron chi connectivity index (χ0n) is 13.8. The Labute approximate surface area is 145 Å². The van der Waals surface area contributed by atoms with Crippen molar-refractivity contribution in [3.63, 3.8) is 0 Å². The summed E-state index contributed by atoms with van der Waals surface area (Å²) in [5.41, 5.74) is 0.405. The Morgan fingerprint density at radius 2 is 1.88 bits per heavy atom. The van der Waals surface area contributed by atoms with Gasteiger partial charge in [-0.1, -0.05) is 12.1 Å². The molecule has 1 aliphatic heterocycles. The van der Waals surface area contributed by atoms with E-state index < -0.39 is 22.0 Å². The lowest BCUT2D eigenvalue weighted by molar-refractivity contribution is -0.148. The van der Waals surface area contributed by atoms with Crippen molar-refractivity contribution in [2.75, 3.05) is 13.1 Å². The van der Waals surface area contributed by atoms with E-state index in [-0.39, 0.29) is 29.6 Å². The van der Waals surface area contributed by atoms with Crippen molar-refractivity contribution in [2.24, 2.45) is 0 Å². The molecule has 136 valence electrons. The number of aliphatic carboxylic acids is 1. The molecule has 0 unspecified atom stereocenters. The molecule has 8 nitrogen and oxygen atoms in total. The van der Waals surface area contributed by atoms with Gasteiger partial charge in [-0.3, -0.25) is 9.59 Å². The van der Waals surface area contributed by atoms with Crippen LogP contribution in [-0.2, 0) is 19.6 Å². The van der Waals surface area contributed by atoms with Crippen LogP contribution in [0.2, 0.25) is 0 Å². The average molecular weight is 368 g/mol. The summed E-state index contributed by atoms with van der Waals surface area (Å²) in [6.45, 7) is 1.63. The molecule has 1 saturated heterocycles. The number of carbonyl (C=O) groups excluding carboxylic acids is 2. The van der Waals surface area contributed by atoms with Gasteiger partial charge in [0.2, 0.25) is 15.9 Å². The Bertz CT molecular complexity index is 772. The summed E-state index contributed by atoms with van der Waals surface area (Å²) in [5.74, 6) is -1.60. The normalized spacial score (nSPS) is 17.5. The molecule has 1 aliphatic rings. The van der Waals surface area contributed by atoms with Crippen molar-refractivity contribution in [1.82, 2.24) is 9.62 Å². The van der Waals surface area contributed by atoms with Gasteiger partial charge in [-0.05, 0) is 31.9 Å². The second-order valence-corrected chi connectivity index (χ2v) is 7.58. The average Bonchev–Trinajstić information content (AvgIpc) is 3.04. The van der Waals surface area contributed by atoms with Crippen molar-refractivity contribution in [1.29, 1.82) is 0 Å². The molecule has 1 aromatic rings. The lowest BCUT2D eigenvalue weighted by Crippen LogP contribution is -2.41. The molecule has 0 saturated carbocycles. The van der Waals surface area contributed by atoms with Gasteiger partial charge in [0, 0.05) is 25.1 Å². The van der Waals surface area contributed by atoms with Crippen LogP contribution in [-0.4, -0.2) is 55.2 Å². The lowest BCUT2D eigenvalue weighted by atomic mass is 10.2. The first kappa shape index (κ1) is 19.1. The topological polar surface area (TPSA) is 121 Å². The minimum atomic E-state index is -3.80. The van der Waals surface area contributed by atoms with Crippen LogP contribution >= 0.6 is 0 Å². The lowest BCUT2D eigenvalue weighted by Gasteiger charge is -2.21. The van der Waals surface area contributed by atoms with Crippen molar-refractivity contribution < 1.29 is 27.9 Å². The highest BCUT2D eigenvalue weighted by Gasteiger charge is 2.33. The summed E-state index contributed by atoms with van der Waals surface area (Å²) >= 11 is 0. The van der Waals surface area contributed by atoms with Crippen LogP contribution in [0.3, 0.4) is 0 Å². The fourth-order valence-electron chi connectivity index (χ4n) is 2.71. The van der Waals surface area contributed by atoms with Crippen molar-refractivity contribution in [2.45, 2.75) is 37.1 Å². The number of nitrogens with zero attached hydrogens (tertiary/aromatic N) is 1. The van der Waals surface area contributed by atoms with Gasteiger partial charge in [-0.15, -0.1) is 0 Å². The maximum absolute atomic E-state index is 12.2. The summed E-state index contributed by atoms with van der Waals surface area (Å²) in [7, 11) is -3.80. The first-order valence-corrected chi connectivity index (χ1v) is 9.33. The second-order valence-electron chi connectivity index (χ2n) is 5.81. The first-order valence-electron chi connectivity index (χ1n) is 7.85. The molecule has 0 spiro atoms. The number of Topliss-reactive ketones (excluding diaryl/α,β-unsaturated/α-hetero) is 1. The minimum Gasteiger partial charge on any atom is -0.480 e. The fourth-order valence-corrected chi connectivity index (χ4v) is 3.74. The van der Waals surface area contributed by atoms with E-state index in [1.807, 2.05) is 0 Å². The van der Waals surface area contributed by atoms with Gasteiger partial charge in [0.15, 0.2) is 5.78 Å². The number of hydrogen-bond donors (Lipinski definition) is 2. The van der Waals surface area contributed by atoms with Gasteiger partial charge in [0.25, 0.3) is 0 Å². The fraction of sp³-hybridized carbons (Fsp3) is 0.438. The summed E-state index contributed by atoms with van der Waals surface area (Å²) in [5, 5.41) is 9.07. The van der Waals surface area contributed by atoms with Crippen LogP contribution in [0.1, 0.15) is 36.5 Å². The van der Waals surface area contributed by atoms with E-state index in [0.717, 1.165) is 0 Å². The van der Waals surface area contributed by atoms with E-state index in [4.69, 9.17) is 5.11 Å². The highest BCUT2D eigenvalue weighted by molar-refractivity contribution is 7.89. The van der Waals surface area contributed by atoms with E-state index in [2.05, 4.69) is 4.72 Å². The van der Waals surface area contributed by atoms with Crippen LogP contribution < -0.4 is 4.72 Å². The molecular weight excluding hydrogens is 348 g/mol. The van der Waals surface area contributed by atoms with Crippen LogP contribution in [0.15, 0.2) is 29.2 Å². The first-order chi connectivity index (χ1) is 11.7. The van der Waals surface area contributed by atoms with E-state index in [0.29, 0.717) is 24.9 Å². The third-order valence-electron chi connectivity index (χ3n) is 4.06. The molecule has 9 heteroatoms. The number of likely N-dealkylation sites (tertiary alicyclic amines) is 1. The van der Waals surface area contributed by atoms with E-state index >= 15 is 0 Å². The number of amides is 1. The molecule has 0 aromatic heterocycles. The van der Waals surface area contributed by atoms with Crippen molar-refractivity contribution in [3.8, 4) is 0 Å². The van der Waals surface area contributed by atoms with E-state index in [9.17, 15) is 22.8 Å². The van der Waals surface area contributed by atoms with E-state index in [1.54, 1.807) is 0 Å². The van der Waals surface area contributed by atoms with Crippen LogP contribution in [0.5, 0.6) is 0 Å². The maximum atomic E-state index is 12.2. The van der Waals surface area contributed by atoms with Crippen LogP contribution in [0.4, 0.5) is 0 Å². The number of carboxylic acids is 1. The summed E-state index contributed by atoms with van der Waals surface area (Å²) < 4.78 is 26.7. The second kappa shape index (κ2) is 7.75. The number of carbonyl (C=O) groups is 3. The summed E-state index contributed by atoms with van der Waals surface area (Å²) in [6, 6.07) is 4.65. The van der Waals surface area contributed by atoms with Crippen LogP contribution in [0.25, 0.3) is 0 Å². The molecule has 0 aliphatic carbocycles. The minimum absolute atomic E-state index is 0.00506. The third-order valence-corrected chi connectivity index (χ3v) is 5.54. The van der Waals surface area contributed by atoms with Gasteiger partial charge < -0.3 is 10.0 Å². The molecule has 0 bridgehead atoms. The van der Waals surface area contributed by atoms with Crippen molar-refractivity contribution >= 4 is 27.7 Å². The number of ketones is 1. The highest BCUT2D eigenvalue weighted by atomic mass is 32.2. The molecule has 1 amide bonds. The van der Waals surface area contributed by atoms with Crippen LogP contribution in [0, 0.1) is 0 Å². The largest absolute Gasteiger partial charge is 0.480 e. The quantitative estimate of drug-likeness (QED) is 0.681. The molecule has 1 aromatic carbocycles. The molecule has 1 heterocycles. The molecule has 1 atom stereocenters. The molecule has 2 N–H and O–H groups in total. The third kappa shape index (κ3) is 4.64. The number of hydrogen-bond acceptors (Lipinski definition) is 5. The maximum Gasteiger partial charge on any atom is 0.326 e. The Hall–Kier alpha value is -2.26. The number of rotatable bonds is 7. The molecule has 25 heavy (non-hydrogen) atoms. The molecule has 1 fully saturated rings. The number of carboxylic acid groups (broad SMARTS) is 1. The number of sulfonamides is 1. The molecule has 0 radical (unpaired) electrons. The zero-order chi connectivity index (χ0) is 18.6. The van der Waals surface area contributed by atoms with Gasteiger partial charge in [0.1, 0.15) is 6.04 Å². The zero-order valence-corrected chi connectivity index (χ0v) is 14.6. The predicted octanol–water partition coefficient (Wildman–Crippen LogP) is 0.633. The Morgan fingerprint density at radius 1 is 1.24 bits per heavy atom. The highest BCUT2D eigenvalue weighted by Crippen LogP contribution is 2.18. The van der Waals surface area contributed by atoms with Gasteiger partial charge >= 0.3 is 5.97 Å². The SMILES string of the molecule is CC(=O)c1ccc(S(=O)(=O)NCCC(=O)N2CCC[C@@H]2C(=O)O)cc1. The smallest absolute Gasteiger partial charge is 0.326 e. The van der Waals surface area contributed by atoms with Gasteiger partial charge in [-0.25, -0.2) is 17.9 Å². The predicted molar refractivity (Wildman–Crippen MR) is 88.6 cm³/mol. The number of nitrogens with one attached hydrogen (secondary N) is 1. The molecule has 2 rings (SSSR count). The van der Waals surface area contributed by atoms with Gasteiger partial charge in [-0.2, -0.15) is 0 Å². The molecular formula is C16H20N2O6S. The Morgan fingerprint density at radius 3 is 2.44 bits per heavy atom. The summed E-state index contributed by atoms with van der Waals surface area (Å²) in [6.07, 6.45) is 0.917. The number of benzene rings is 1. The monoisotopic (exact) mass is 368 g/mol. The van der Waals surface area contributed by atoms with Crippen molar-refractivity contribution in [3.05, 3.63) is 29.8 Å². The Balaban J connectivity index is 1.92. The van der Waals surface area contributed by atoms with Gasteiger partial charge in [0.05, 0.1) is 4.90 Å². The standard InChI is InChI=1S/C16H20N2O6S/c1-11(19)12-4-6-13(7-5-12)25(23,24)17-9-8-15(20)18-10-2-3-14(18)16(21)22/h4-7,14,17H,2-3,8-10H2,1H3,(H,21,22)/t14-/m1/s1.